The van der Waals surface area contributed by atoms with Gasteiger partial charge in [0.2, 0.25) is 0 Å². The van der Waals surface area contributed by atoms with Gasteiger partial charge in [-0.2, -0.15) is 5.26 Å². The number of pyridine rings is 1. The van der Waals surface area contributed by atoms with Crippen molar-refractivity contribution in [1.29, 1.82) is 5.26 Å². The Morgan fingerprint density at radius 1 is 1.27 bits per heavy atom. The lowest BCUT2D eigenvalue weighted by Gasteiger charge is -2.21. The Hall–Kier alpha value is -3.11. The van der Waals surface area contributed by atoms with Gasteiger partial charge in [0.1, 0.15) is 17.5 Å². The maximum atomic E-state index is 12.7. The lowest BCUT2D eigenvalue weighted by atomic mass is 10.1. The van der Waals surface area contributed by atoms with Crippen LogP contribution in [0.4, 0.5) is 5.82 Å². The van der Waals surface area contributed by atoms with Crippen LogP contribution in [-0.4, -0.2) is 42.3 Å². The first-order valence-corrected chi connectivity index (χ1v) is 11.7. The molecule has 7 heteroatoms. The fourth-order valence-electron chi connectivity index (χ4n) is 4.53. The Bertz CT molecular complexity index is 1010. The molecule has 1 saturated heterocycles. The van der Waals surface area contributed by atoms with Crippen LogP contribution in [0.25, 0.3) is 6.08 Å². The van der Waals surface area contributed by atoms with Crippen LogP contribution in [0.3, 0.4) is 0 Å². The van der Waals surface area contributed by atoms with E-state index in [1.165, 1.54) is 25.7 Å². The molecule has 2 aromatic rings. The molecule has 0 saturated carbocycles. The van der Waals surface area contributed by atoms with Crippen molar-refractivity contribution in [2.24, 2.45) is 0 Å². The van der Waals surface area contributed by atoms with Gasteiger partial charge in [-0.15, -0.1) is 0 Å². The van der Waals surface area contributed by atoms with Gasteiger partial charge in [-0.1, -0.05) is 18.9 Å². The van der Waals surface area contributed by atoms with Crippen LogP contribution in [0.15, 0.2) is 30.0 Å². The predicted octanol–water partition coefficient (Wildman–Crippen LogP) is 4.31. The van der Waals surface area contributed by atoms with Gasteiger partial charge >= 0.3 is 0 Å². The fourth-order valence-corrected chi connectivity index (χ4v) is 4.53. The van der Waals surface area contributed by atoms with E-state index in [0.29, 0.717) is 13.2 Å². The van der Waals surface area contributed by atoms with Gasteiger partial charge < -0.3 is 19.5 Å². The lowest BCUT2D eigenvalue weighted by molar-refractivity contribution is -0.117. The average molecular weight is 450 g/mol. The van der Waals surface area contributed by atoms with E-state index < -0.39 is 0 Å². The van der Waals surface area contributed by atoms with Gasteiger partial charge in [0, 0.05) is 44.3 Å². The molecule has 176 valence electrons. The number of amides is 1. The maximum absolute atomic E-state index is 12.7. The molecule has 1 atom stereocenters. The third-order valence-electron chi connectivity index (χ3n) is 6.23. The molecule has 33 heavy (non-hydrogen) atoms. The minimum absolute atomic E-state index is 0.0868. The van der Waals surface area contributed by atoms with Crippen molar-refractivity contribution in [3.8, 4) is 6.07 Å². The first-order chi connectivity index (χ1) is 15.9. The van der Waals surface area contributed by atoms with E-state index in [4.69, 9.17) is 4.74 Å². The Kier molecular flexibility index (Phi) is 8.67. The number of methoxy groups -OCH3 is 1. The van der Waals surface area contributed by atoms with E-state index in [2.05, 4.69) is 26.7 Å². The molecule has 1 aliphatic heterocycles. The summed E-state index contributed by atoms with van der Waals surface area (Å²) in [6, 6.07) is 8.23. The summed E-state index contributed by atoms with van der Waals surface area (Å²) in [7, 11) is 1.68. The quantitative estimate of drug-likeness (QED) is 0.480. The van der Waals surface area contributed by atoms with Crippen molar-refractivity contribution in [3.05, 3.63) is 52.5 Å². The van der Waals surface area contributed by atoms with Crippen molar-refractivity contribution in [2.45, 2.75) is 59.0 Å². The molecule has 1 fully saturated rings. The molecule has 0 aromatic carbocycles. The summed E-state index contributed by atoms with van der Waals surface area (Å²) in [6.07, 6.45) is 8.44. The molecule has 2 aromatic heterocycles. The maximum Gasteiger partial charge on any atom is 0.262 e. The summed E-state index contributed by atoms with van der Waals surface area (Å²) >= 11 is 0. The number of rotatable bonds is 8. The first-order valence-electron chi connectivity index (χ1n) is 11.7. The van der Waals surface area contributed by atoms with Crippen LogP contribution in [0, 0.1) is 25.2 Å². The van der Waals surface area contributed by atoms with Crippen LogP contribution in [-0.2, 0) is 16.1 Å². The standard InChI is InChI=1S/C26H35N5O2/c1-19-13-23(21(3)31(19)20(2)18-33-4)14-24(15-27)26(32)29-17-22-9-10-25(28-16-22)30-11-7-5-6-8-12-30/h9-10,13-14,16,20H,5-8,11-12,17-18H2,1-4H3,(H,29,32)/b24-14+. The summed E-state index contributed by atoms with van der Waals surface area (Å²) in [5.74, 6) is 0.603. The number of nitriles is 1. The molecule has 0 spiro atoms. The highest BCUT2D eigenvalue weighted by molar-refractivity contribution is 6.01. The number of nitrogens with zero attached hydrogens (tertiary/aromatic N) is 4. The summed E-state index contributed by atoms with van der Waals surface area (Å²) in [5, 5.41) is 12.4. The number of nitrogens with one attached hydrogen (secondary N) is 1. The van der Waals surface area contributed by atoms with Crippen LogP contribution >= 0.6 is 0 Å². The van der Waals surface area contributed by atoms with Crippen molar-refractivity contribution in [1.82, 2.24) is 14.9 Å². The molecular formula is C26H35N5O2. The highest BCUT2D eigenvalue weighted by atomic mass is 16.5. The van der Waals surface area contributed by atoms with Gasteiger partial charge in [-0.05, 0) is 62.9 Å². The number of carbonyl (C=O) groups excluding carboxylic acids is 1. The number of carbonyl (C=O) groups is 1. The Morgan fingerprint density at radius 3 is 2.61 bits per heavy atom. The van der Waals surface area contributed by atoms with E-state index in [1.54, 1.807) is 19.4 Å². The zero-order chi connectivity index (χ0) is 23.8. The molecule has 0 aliphatic carbocycles. The number of anilines is 1. The molecule has 1 unspecified atom stereocenters. The largest absolute Gasteiger partial charge is 0.383 e. The SMILES string of the molecule is COCC(C)n1c(C)cc(/C=C(\C#N)C(=O)NCc2ccc(N3CCCCCC3)nc2)c1C. The predicted molar refractivity (Wildman–Crippen MR) is 131 cm³/mol. The molecule has 3 heterocycles. The normalized spacial score (nSPS) is 15.6. The number of hydrogen-bond acceptors (Lipinski definition) is 5. The molecule has 0 bridgehead atoms. The number of hydrogen-bond donors (Lipinski definition) is 1. The topological polar surface area (TPSA) is 83.2 Å². The minimum Gasteiger partial charge on any atom is -0.383 e. The van der Waals surface area contributed by atoms with E-state index in [0.717, 1.165) is 41.4 Å². The van der Waals surface area contributed by atoms with Crippen molar-refractivity contribution in [2.75, 3.05) is 31.7 Å². The molecular weight excluding hydrogens is 414 g/mol. The van der Waals surface area contributed by atoms with E-state index in [9.17, 15) is 10.1 Å². The molecule has 0 radical (unpaired) electrons. The zero-order valence-corrected chi connectivity index (χ0v) is 20.2. The highest BCUT2D eigenvalue weighted by Gasteiger charge is 2.16. The van der Waals surface area contributed by atoms with E-state index >= 15 is 0 Å². The third kappa shape index (κ3) is 6.23. The van der Waals surface area contributed by atoms with Gasteiger partial charge in [0.25, 0.3) is 5.91 Å². The summed E-state index contributed by atoms with van der Waals surface area (Å²) in [5.41, 5.74) is 3.93. The molecule has 1 amide bonds. The van der Waals surface area contributed by atoms with Crippen LogP contribution in [0.1, 0.15) is 61.2 Å². The lowest BCUT2D eigenvalue weighted by Crippen LogP contribution is -2.26. The molecule has 1 N–H and O–H groups in total. The van der Waals surface area contributed by atoms with Crippen LogP contribution in [0.2, 0.25) is 0 Å². The third-order valence-corrected chi connectivity index (χ3v) is 6.23. The number of aromatic nitrogens is 2. The van der Waals surface area contributed by atoms with Crippen molar-refractivity contribution < 1.29 is 9.53 Å². The zero-order valence-electron chi connectivity index (χ0n) is 20.2. The Labute approximate surface area is 197 Å². The summed E-state index contributed by atoms with van der Waals surface area (Å²) in [4.78, 5) is 19.6. The van der Waals surface area contributed by atoms with E-state index in [1.807, 2.05) is 38.1 Å². The fraction of sp³-hybridized carbons (Fsp3) is 0.500. The number of aryl methyl sites for hydroxylation is 1. The summed E-state index contributed by atoms with van der Waals surface area (Å²) < 4.78 is 7.44. The van der Waals surface area contributed by atoms with Gasteiger partial charge in [-0.25, -0.2) is 4.98 Å². The van der Waals surface area contributed by atoms with Gasteiger partial charge in [0.15, 0.2) is 0 Å². The second-order valence-corrected chi connectivity index (χ2v) is 8.78. The summed E-state index contributed by atoms with van der Waals surface area (Å²) in [6.45, 7) is 9.11. The van der Waals surface area contributed by atoms with Crippen molar-refractivity contribution >= 4 is 17.8 Å². The van der Waals surface area contributed by atoms with Crippen molar-refractivity contribution in [3.63, 3.8) is 0 Å². The Balaban J connectivity index is 1.65. The second-order valence-electron chi connectivity index (χ2n) is 8.78. The average Bonchev–Trinajstić information content (AvgIpc) is 2.98. The smallest absolute Gasteiger partial charge is 0.262 e. The monoisotopic (exact) mass is 449 g/mol. The highest BCUT2D eigenvalue weighted by Crippen LogP contribution is 2.23. The van der Waals surface area contributed by atoms with E-state index in [-0.39, 0.29) is 17.5 Å². The number of ether oxygens (including phenoxy) is 1. The molecule has 1 aliphatic rings. The Morgan fingerprint density at radius 2 is 2.00 bits per heavy atom. The van der Waals surface area contributed by atoms with Gasteiger partial charge in [0.05, 0.1) is 12.6 Å². The van der Waals surface area contributed by atoms with Crippen LogP contribution < -0.4 is 10.2 Å². The molecule has 3 rings (SSSR count). The van der Waals surface area contributed by atoms with Gasteiger partial charge in [-0.3, -0.25) is 4.79 Å². The van der Waals surface area contributed by atoms with Crippen LogP contribution in [0.5, 0.6) is 0 Å². The second kappa shape index (κ2) is 11.7. The first kappa shape index (κ1) is 24.5. The molecule has 7 nitrogen and oxygen atoms in total. The minimum atomic E-state index is -0.385.